The Morgan fingerprint density at radius 2 is 1.18 bits per heavy atom. The molecule has 11 nitrogen and oxygen atoms in total. The van der Waals surface area contributed by atoms with Gasteiger partial charge in [-0.25, -0.2) is 0 Å². The van der Waals surface area contributed by atoms with E-state index in [1.165, 1.54) is 12.7 Å². The van der Waals surface area contributed by atoms with Crippen LogP contribution >= 0.6 is 0 Å². The second-order valence-electron chi connectivity index (χ2n) is 16.9. The third-order valence-corrected chi connectivity index (χ3v) is 9.52. The lowest BCUT2D eigenvalue weighted by Gasteiger charge is -2.45. The zero-order valence-corrected chi connectivity index (χ0v) is 35.1. The predicted octanol–water partition coefficient (Wildman–Crippen LogP) is 7.80. The normalized spacial score (nSPS) is 20.1. The van der Waals surface area contributed by atoms with Gasteiger partial charge in [0.25, 0.3) is 0 Å². The molecule has 0 saturated carbocycles. The molecule has 2 aliphatic carbocycles. The van der Waals surface area contributed by atoms with E-state index in [1.807, 2.05) is 61.5 Å². The highest BCUT2D eigenvalue weighted by molar-refractivity contribution is 5.95. The van der Waals surface area contributed by atoms with E-state index in [2.05, 4.69) is 45.0 Å². The van der Waals surface area contributed by atoms with Crippen LogP contribution in [0.15, 0.2) is 30.3 Å². The molecule has 0 unspecified atom stereocenters. The van der Waals surface area contributed by atoms with Gasteiger partial charge in [0.1, 0.15) is 6.10 Å². The quantitative estimate of drug-likeness (QED) is 0.109. The molecule has 306 valence electrons. The van der Waals surface area contributed by atoms with E-state index < -0.39 is 60.4 Å². The second-order valence-corrected chi connectivity index (χ2v) is 16.9. The summed E-state index contributed by atoms with van der Waals surface area (Å²) in [6.07, 6.45) is -5.88. The molecule has 0 spiro atoms. The molecule has 0 aromatic carbocycles. The van der Waals surface area contributed by atoms with Crippen LogP contribution in [0.2, 0.25) is 0 Å². The summed E-state index contributed by atoms with van der Waals surface area (Å²) in [5.74, 6) is -2.50. The number of fused-ring (bicyclic) bond motifs is 1. The maximum absolute atomic E-state index is 13.8. The predicted molar refractivity (Wildman–Crippen MR) is 210 cm³/mol. The maximum Gasteiger partial charge on any atom is 0.306 e. The summed E-state index contributed by atoms with van der Waals surface area (Å²) in [7, 11) is 1.36. The Bertz CT molecular complexity index is 1560. The van der Waals surface area contributed by atoms with Crippen molar-refractivity contribution >= 4 is 29.7 Å². The molecule has 2 amide bonds. The fraction of sp³-hybridized carbons (Fsp3) is 0.659. The minimum atomic E-state index is -1.37. The van der Waals surface area contributed by atoms with Gasteiger partial charge in [0, 0.05) is 39.2 Å². The molecule has 0 aromatic rings. The van der Waals surface area contributed by atoms with Crippen LogP contribution in [0.5, 0.6) is 0 Å². The van der Waals surface area contributed by atoms with Gasteiger partial charge in [-0.3, -0.25) is 28.9 Å². The summed E-state index contributed by atoms with van der Waals surface area (Å²) in [4.78, 5) is 68.8. The Labute approximate surface area is 328 Å². The molecule has 1 saturated heterocycles. The average molecular weight is 768 g/mol. The van der Waals surface area contributed by atoms with Gasteiger partial charge in [0.2, 0.25) is 11.8 Å². The number of hydrogen-bond acceptors (Lipinski definition) is 10. The van der Waals surface area contributed by atoms with E-state index in [0.29, 0.717) is 12.3 Å². The Morgan fingerprint density at radius 1 is 0.655 bits per heavy atom. The fourth-order valence-electron chi connectivity index (χ4n) is 6.72. The van der Waals surface area contributed by atoms with Crippen molar-refractivity contribution in [2.45, 2.75) is 151 Å². The summed E-state index contributed by atoms with van der Waals surface area (Å²) in [6, 6.07) is 10.5. The smallest absolute Gasteiger partial charge is 0.306 e. The Kier molecular flexibility index (Phi) is 17.3. The molecular weight excluding hydrogens is 702 g/mol. The number of amides is 2. The molecule has 55 heavy (non-hydrogen) atoms. The Balaban J connectivity index is 2.03. The zero-order valence-electron chi connectivity index (χ0n) is 35.1. The number of carbonyl (C=O) groups is 5. The number of hydrogen-bond donors (Lipinski definition) is 0. The van der Waals surface area contributed by atoms with Gasteiger partial charge in [-0.1, -0.05) is 99.6 Å². The van der Waals surface area contributed by atoms with Gasteiger partial charge in [-0.15, -0.1) is 0 Å². The topological polar surface area (TPSA) is 135 Å². The van der Waals surface area contributed by atoms with Crippen molar-refractivity contribution in [3.63, 3.8) is 0 Å². The first kappa shape index (κ1) is 45.6. The van der Waals surface area contributed by atoms with E-state index >= 15 is 0 Å². The fourth-order valence-corrected chi connectivity index (χ4v) is 6.72. The van der Waals surface area contributed by atoms with Crippen molar-refractivity contribution < 1.29 is 47.7 Å². The van der Waals surface area contributed by atoms with Crippen molar-refractivity contribution in [1.29, 1.82) is 0 Å². The lowest BCUT2D eigenvalue weighted by molar-refractivity contribution is -0.300. The van der Waals surface area contributed by atoms with Crippen LogP contribution in [0, 0.1) is 30.6 Å². The van der Waals surface area contributed by atoms with Gasteiger partial charge >= 0.3 is 17.9 Å². The van der Waals surface area contributed by atoms with E-state index in [-0.39, 0.29) is 62.3 Å². The first-order valence-electron chi connectivity index (χ1n) is 19.9. The number of nitrogens with zero attached hydrogens (tertiary/aromatic N) is 1. The van der Waals surface area contributed by atoms with Gasteiger partial charge in [-0.2, -0.15) is 0 Å². The van der Waals surface area contributed by atoms with Gasteiger partial charge in [0.15, 0.2) is 24.6 Å². The second kappa shape index (κ2) is 20.9. The molecule has 1 heterocycles. The Hall–Kier alpha value is -3.83. The summed E-state index contributed by atoms with van der Waals surface area (Å²) >= 11 is 0. The molecule has 0 bridgehead atoms. The maximum atomic E-state index is 13.8. The summed E-state index contributed by atoms with van der Waals surface area (Å²) in [6.45, 7) is 21.0. The minimum Gasteiger partial charge on any atom is -0.455 e. The number of aryl methyl sites for hydroxylation is 2. The van der Waals surface area contributed by atoms with Gasteiger partial charge < -0.3 is 23.7 Å². The number of carbonyl (C=O) groups excluding carboxylic acids is 5. The van der Waals surface area contributed by atoms with Crippen molar-refractivity contribution in [2.24, 2.45) is 23.7 Å². The first-order chi connectivity index (χ1) is 25.8. The zero-order chi connectivity index (χ0) is 41.1. The van der Waals surface area contributed by atoms with Crippen LogP contribution < -0.4 is 0 Å². The Morgan fingerprint density at radius 3 is 1.69 bits per heavy atom. The van der Waals surface area contributed by atoms with Gasteiger partial charge in [0.05, 0.1) is 6.54 Å². The SMILES string of the molecule is CO[C@H]1O[C@H](CN(C(=O)CC(C)C)C(=O)CC(C)C)[C@@H](OC(=O)CC(C)C)[C@H](OC(=O)CC(C)C)[C@@H]1OC(=O)CCc1ccc(C(C)C)cc2c(C)ccc1-2. The number of rotatable bonds is 18. The monoisotopic (exact) mass is 767 g/mol. The molecule has 3 aliphatic rings. The molecule has 11 heteroatoms. The molecule has 0 radical (unpaired) electrons. The third-order valence-electron chi connectivity index (χ3n) is 9.52. The largest absolute Gasteiger partial charge is 0.455 e. The van der Waals surface area contributed by atoms with Crippen LogP contribution in [-0.2, 0) is 54.1 Å². The molecule has 3 rings (SSSR count). The van der Waals surface area contributed by atoms with Crippen molar-refractivity contribution in [3.05, 3.63) is 47.0 Å². The van der Waals surface area contributed by atoms with Crippen molar-refractivity contribution in [3.8, 4) is 11.1 Å². The van der Waals surface area contributed by atoms with Crippen molar-refractivity contribution in [2.75, 3.05) is 13.7 Å². The lowest BCUT2D eigenvalue weighted by atomic mass is 9.96. The van der Waals surface area contributed by atoms with Crippen LogP contribution in [0.1, 0.15) is 124 Å². The van der Waals surface area contributed by atoms with Crippen LogP contribution in [0.3, 0.4) is 0 Å². The number of imide groups is 1. The molecule has 0 N–H and O–H groups in total. The molecular formula is C44H65NO10. The van der Waals surface area contributed by atoms with E-state index in [0.717, 1.165) is 27.2 Å². The number of methoxy groups -OCH3 is 1. The first-order valence-corrected chi connectivity index (χ1v) is 19.9. The average Bonchev–Trinajstić information content (AvgIpc) is 3.30. The minimum absolute atomic E-state index is 0.0115. The number of ether oxygens (including phenoxy) is 5. The summed E-state index contributed by atoms with van der Waals surface area (Å²) in [5.41, 5.74) is 5.49. The third kappa shape index (κ3) is 13.4. The van der Waals surface area contributed by atoms with Gasteiger partial charge in [-0.05, 0) is 70.8 Å². The summed E-state index contributed by atoms with van der Waals surface area (Å²) < 4.78 is 30.3. The van der Waals surface area contributed by atoms with E-state index in [9.17, 15) is 24.0 Å². The van der Waals surface area contributed by atoms with Crippen LogP contribution in [0.25, 0.3) is 11.1 Å². The van der Waals surface area contributed by atoms with E-state index in [1.54, 1.807) is 0 Å². The summed E-state index contributed by atoms with van der Waals surface area (Å²) in [5, 5.41) is 0. The van der Waals surface area contributed by atoms with E-state index in [4.69, 9.17) is 23.7 Å². The highest BCUT2D eigenvalue weighted by atomic mass is 16.7. The molecule has 1 fully saturated rings. The van der Waals surface area contributed by atoms with Crippen molar-refractivity contribution in [1.82, 2.24) is 4.90 Å². The van der Waals surface area contributed by atoms with Crippen LogP contribution in [0.4, 0.5) is 0 Å². The lowest BCUT2D eigenvalue weighted by Crippen LogP contribution is -2.64. The molecule has 0 aromatic heterocycles. The molecule has 5 atom stereocenters. The van der Waals surface area contributed by atoms with Crippen LogP contribution in [-0.4, -0.2) is 79.0 Å². The number of esters is 3. The molecule has 1 aliphatic heterocycles. The highest BCUT2D eigenvalue weighted by Gasteiger charge is 2.53. The highest BCUT2D eigenvalue weighted by Crippen LogP contribution is 2.35. The standard InChI is InChI=1S/C44H65NO10/c1-25(2)19-36(46)45(37(47)20-26(3)4)24-35-41(54-39(49)21-27(5)6)42(55-40(50)22-28(7)8)43(44(51-12)52-35)53-38(48)18-16-31-14-15-32(29(9)10)23-34-30(11)13-17-33(31)34/h13-15,17,23,25-29,35,41-44H,16,18-22,24H2,1-12H3/t35-,41-,42+,43+,44+/m1/s1.